The number of hydrogen-bond donors (Lipinski definition) is 1. The van der Waals surface area contributed by atoms with Crippen LogP contribution < -0.4 is 9.94 Å². The summed E-state index contributed by atoms with van der Waals surface area (Å²) in [7, 11) is -3.89. The van der Waals surface area contributed by atoms with E-state index in [4.69, 9.17) is 9.88 Å². The van der Waals surface area contributed by atoms with Crippen molar-refractivity contribution in [3.8, 4) is 0 Å². The number of primary sulfonamides is 1. The lowest BCUT2D eigenvalue weighted by Crippen LogP contribution is -2.23. The molecule has 0 aliphatic rings. The number of rotatable bonds is 7. The van der Waals surface area contributed by atoms with Crippen molar-refractivity contribution in [3.05, 3.63) is 58.4 Å². The van der Waals surface area contributed by atoms with Crippen LogP contribution in [0.5, 0.6) is 0 Å². The van der Waals surface area contributed by atoms with Gasteiger partial charge in [0.2, 0.25) is 10.0 Å². The van der Waals surface area contributed by atoms with Gasteiger partial charge in [-0.15, -0.1) is 0 Å². The fourth-order valence-corrected chi connectivity index (χ4v) is 4.72. The number of amides is 1. The summed E-state index contributed by atoms with van der Waals surface area (Å²) in [6.45, 7) is 3.82. The Bertz CT molecular complexity index is 1290. The lowest BCUT2D eigenvalue weighted by atomic mass is 10.1. The minimum Gasteiger partial charge on any atom is -0.465 e. The van der Waals surface area contributed by atoms with E-state index in [1.807, 2.05) is 24.3 Å². The van der Waals surface area contributed by atoms with Gasteiger partial charge >= 0.3 is 5.97 Å². The molecule has 0 radical (unpaired) electrons. The van der Waals surface area contributed by atoms with E-state index in [1.54, 1.807) is 11.5 Å². The van der Waals surface area contributed by atoms with Crippen molar-refractivity contribution in [1.29, 1.82) is 0 Å². The summed E-state index contributed by atoms with van der Waals surface area (Å²) < 4.78 is 30.5. The Morgan fingerprint density at radius 2 is 1.77 bits per heavy atom. The molecule has 164 valence electrons. The van der Waals surface area contributed by atoms with E-state index in [1.165, 1.54) is 23.8 Å². The van der Waals surface area contributed by atoms with Crippen LogP contribution in [0.2, 0.25) is 0 Å². The van der Waals surface area contributed by atoms with Crippen LogP contribution in [0.25, 0.3) is 10.2 Å². The summed E-state index contributed by atoms with van der Waals surface area (Å²) in [4.78, 5) is 29.1. The van der Waals surface area contributed by atoms with E-state index in [-0.39, 0.29) is 35.2 Å². The minimum atomic E-state index is -3.89. The Morgan fingerprint density at radius 1 is 1.10 bits per heavy atom. The number of thiazole rings is 1. The molecule has 2 aromatic carbocycles. The van der Waals surface area contributed by atoms with Gasteiger partial charge in [-0.3, -0.25) is 9.59 Å². The molecule has 1 heterocycles. The van der Waals surface area contributed by atoms with Gasteiger partial charge in [-0.25, -0.2) is 13.6 Å². The third kappa shape index (κ3) is 5.66. The van der Waals surface area contributed by atoms with Crippen LogP contribution in [0.3, 0.4) is 0 Å². The molecule has 0 unspecified atom stereocenters. The maximum atomic E-state index is 12.6. The average Bonchev–Trinajstić information content (AvgIpc) is 3.04. The van der Waals surface area contributed by atoms with Crippen LogP contribution in [-0.2, 0) is 43.7 Å². The van der Waals surface area contributed by atoms with Gasteiger partial charge in [0, 0.05) is 0 Å². The summed E-state index contributed by atoms with van der Waals surface area (Å²) in [5, 5.41) is 5.22. The van der Waals surface area contributed by atoms with E-state index in [2.05, 4.69) is 11.9 Å². The molecule has 0 aliphatic carbocycles. The Kier molecular flexibility index (Phi) is 7.04. The highest BCUT2D eigenvalue weighted by Gasteiger charge is 2.15. The molecule has 1 aromatic heterocycles. The highest BCUT2D eigenvalue weighted by Crippen LogP contribution is 2.21. The maximum Gasteiger partial charge on any atom is 0.326 e. The number of esters is 1. The van der Waals surface area contributed by atoms with Gasteiger partial charge in [0.25, 0.3) is 5.91 Å². The zero-order valence-electron chi connectivity index (χ0n) is 17.2. The smallest absolute Gasteiger partial charge is 0.326 e. The standard InChI is InChI=1S/C21H23N3O5S2/c1-3-14-5-7-15(8-6-14)11-19(25)23-21-24(13-20(26)29-4-2)17-10-9-16(31(22,27)28)12-18(17)30-21/h5-10,12H,3-4,11,13H2,1-2H3,(H2,22,27,28). The molecule has 0 saturated carbocycles. The Balaban J connectivity index is 2.02. The molecule has 0 atom stereocenters. The monoisotopic (exact) mass is 461 g/mol. The number of sulfonamides is 1. The third-order valence-corrected chi connectivity index (χ3v) is 6.53. The van der Waals surface area contributed by atoms with Crippen molar-refractivity contribution < 1.29 is 22.7 Å². The first kappa shape index (κ1) is 22.9. The maximum absolute atomic E-state index is 12.6. The fraction of sp³-hybridized carbons (Fsp3) is 0.286. The molecule has 0 fully saturated rings. The third-order valence-electron chi connectivity index (χ3n) is 4.58. The Hall–Kier alpha value is -2.82. The molecule has 8 nitrogen and oxygen atoms in total. The minimum absolute atomic E-state index is 0.0570. The summed E-state index contributed by atoms with van der Waals surface area (Å²) in [5.74, 6) is -0.859. The van der Waals surface area contributed by atoms with Gasteiger partial charge in [-0.2, -0.15) is 4.99 Å². The molecular formula is C21H23N3O5S2. The van der Waals surface area contributed by atoms with E-state index in [0.29, 0.717) is 10.2 Å². The molecule has 0 aliphatic heterocycles. The lowest BCUT2D eigenvalue weighted by Gasteiger charge is -2.05. The SMILES string of the molecule is CCOC(=O)Cn1c(=NC(=O)Cc2ccc(CC)cc2)sc2cc(S(N)(=O)=O)ccc21. The zero-order chi connectivity index (χ0) is 22.6. The zero-order valence-corrected chi connectivity index (χ0v) is 18.8. The molecule has 3 rings (SSSR count). The summed E-state index contributed by atoms with van der Waals surface area (Å²) in [6, 6.07) is 12.0. The number of aryl methyl sites for hydroxylation is 1. The molecule has 0 spiro atoms. The van der Waals surface area contributed by atoms with Crippen LogP contribution in [-0.4, -0.2) is 31.5 Å². The second kappa shape index (κ2) is 9.54. The van der Waals surface area contributed by atoms with Crippen molar-refractivity contribution in [1.82, 2.24) is 4.57 Å². The molecule has 3 aromatic rings. The number of ether oxygens (including phenoxy) is 1. The van der Waals surface area contributed by atoms with E-state index in [9.17, 15) is 18.0 Å². The first-order valence-electron chi connectivity index (χ1n) is 9.68. The first-order valence-corrected chi connectivity index (χ1v) is 12.0. The van der Waals surface area contributed by atoms with Gasteiger partial charge in [-0.1, -0.05) is 42.5 Å². The normalized spacial score (nSPS) is 12.3. The number of benzene rings is 2. The predicted octanol–water partition coefficient (Wildman–Crippen LogP) is 2.15. The molecule has 1 amide bonds. The first-order chi connectivity index (χ1) is 14.7. The van der Waals surface area contributed by atoms with Crippen molar-refractivity contribution >= 4 is 43.5 Å². The highest BCUT2D eigenvalue weighted by atomic mass is 32.2. The quantitative estimate of drug-likeness (QED) is 0.541. The topological polar surface area (TPSA) is 121 Å². The summed E-state index contributed by atoms with van der Waals surface area (Å²) in [6.07, 6.45) is 1.02. The van der Waals surface area contributed by atoms with Crippen molar-refractivity contribution in [3.63, 3.8) is 0 Å². The van der Waals surface area contributed by atoms with Crippen molar-refractivity contribution in [2.75, 3.05) is 6.61 Å². The van der Waals surface area contributed by atoms with E-state index < -0.39 is 16.0 Å². The molecular weight excluding hydrogens is 438 g/mol. The van der Waals surface area contributed by atoms with Crippen LogP contribution in [0, 0.1) is 0 Å². The Morgan fingerprint density at radius 3 is 2.39 bits per heavy atom. The average molecular weight is 462 g/mol. The van der Waals surface area contributed by atoms with E-state index in [0.717, 1.165) is 23.3 Å². The number of nitrogens with two attached hydrogens (primary N) is 1. The van der Waals surface area contributed by atoms with Crippen LogP contribution in [0.4, 0.5) is 0 Å². The second-order valence-corrected chi connectivity index (χ2v) is 9.37. The molecule has 31 heavy (non-hydrogen) atoms. The number of hydrogen-bond acceptors (Lipinski definition) is 6. The largest absolute Gasteiger partial charge is 0.465 e. The van der Waals surface area contributed by atoms with E-state index >= 15 is 0 Å². The molecule has 2 N–H and O–H groups in total. The van der Waals surface area contributed by atoms with Crippen molar-refractivity contribution in [2.24, 2.45) is 10.1 Å². The fourth-order valence-electron chi connectivity index (χ4n) is 3.02. The van der Waals surface area contributed by atoms with Crippen LogP contribution in [0.1, 0.15) is 25.0 Å². The van der Waals surface area contributed by atoms with Crippen molar-refractivity contribution in [2.45, 2.75) is 38.1 Å². The van der Waals surface area contributed by atoms with Gasteiger partial charge in [-0.05, 0) is 42.7 Å². The number of carbonyl (C=O) groups is 2. The van der Waals surface area contributed by atoms with Crippen LogP contribution in [0.15, 0.2) is 52.4 Å². The van der Waals surface area contributed by atoms with Gasteiger partial charge in [0.05, 0.1) is 28.1 Å². The van der Waals surface area contributed by atoms with Gasteiger partial charge < -0.3 is 9.30 Å². The Labute approximate surface area is 184 Å². The number of nitrogens with zero attached hydrogens (tertiary/aromatic N) is 2. The number of aromatic nitrogens is 1. The van der Waals surface area contributed by atoms with Gasteiger partial charge in [0.1, 0.15) is 6.54 Å². The van der Waals surface area contributed by atoms with Gasteiger partial charge in [0.15, 0.2) is 4.80 Å². The molecule has 0 saturated heterocycles. The molecule has 10 heteroatoms. The lowest BCUT2D eigenvalue weighted by molar-refractivity contribution is -0.143. The second-order valence-electron chi connectivity index (χ2n) is 6.80. The van der Waals surface area contributed by atoms with Crippen LogP contribution >= 0.6 is 11.3 Å². The summed E-state index contributed by atoms with van der Waals surface area (Å²) in [5.41, 5.74) is 2.57. The molecule has 0 bridgehead atoms. The predicted molar refractivity (Wildman–Crippen MR) is 118 cm³/mol. The highest BCUT2D eigenvalue weighted by molar-refractivity contribution is 7.89. The summed E-state index contributed by atoms with van der Waals surface area (Å²) >= 11 is 1.11. The number of fused-ring (bicyclic) bond motifs is 1. The number of carbonyl (C=O) groups excluding carboxylic acids is 2.